The van der Waals surface area contributed by atoms with Crippen LogP contribution in [0.25, 0.3) is 0 Å². The molecule has 0 spiro atoms. The van der Waals surface area contributed by atoms with Crippen LogP contribution in [0.2, 0.25) is 0 Å². The summed E-state index contributed by atoms with van der Waals surface area (Å²) in [6.45, 7) is 0.482. The smallest absolute Gasteiger partial charge is 0.237 e. The second-order valence-corrected chi connectivity index (χ2v) is 8.53. The summed E-state index contributed by atoms with van der Waals surface area (Å²) in [7, 11) is 0. The van der Waals surface area contributed by atoms with Crippen molar-refractivity contribution in [1.29, 1.82) is 5.26 Å². The summed E-state index contributed by atoms with van der Waals surface area (Å²) in [6, 6.07) is 24.3. The fourth-order valence-corrected chi connectivity index (χ4v) is 4.40. The van der Waals surface area contributed by atoms with Crippen molar-refractivity contribution in [1.82, 2.24) is 4.90 Å². The molecule has 1 saturated heterocycles. The van der Waals surface area contributed by atoms with Crippen molar-refractivity contribution in [3.63, 3.8) is 0 Å². The van der Waals surface area contributed by atoms with Crippen LogP contribution in [0.5, 0.6) is 11.5 Å². The quantitative estimate of drug-likeness (QED) is 0.473. The number of amides is 1. The Balaban J connectivity index is 1.41. The van der Waals surface area contributed by atoms with Crippen LogP contribution in [0.1, 0.15) is 24.0 Å². The topological polar surface area (TPSA) is 70.4 Å². The standard InChI is InChI=1S/C28H25FN2O3/c29-23-8-12-25(13-9-23)34-24-10-6-21(7-11-24)18-27(32)26-17-22(16-20-4-2-1-3-5-20)19-31(26)28(33)14-15-30/h1-13,22,26H,14,16-19H2/t22-,26+/m1/s1. The molecule has 0 N–H and O–H groups in total. The summed E-state index contributed by atoms with van der Waals surface area (Å²) in [6.07, 6.45) is 1.35. The summed E-state index contributed by atoms with van der Waals surface area (Å²) < 4.78 is 18.8. The van der Waals surface area contributed by atoms with Crippen LogP contribution in [0, 0.1) is 23.1 Å². The average Bonchev–Trinajstić information content (AvgIpc) is 3.27. The molecule has 2 atom stereocenters. The lowest BCUT2D eigenvalue weighted by molar-refractivity contribution is -0.136. The van der Waals surface area contributed by atoms with Crippen LogP contribution >= 0.6 is 0 Å². The number of benzene rings is 3. The van der Waals surface area contributed by atoms with E-state index in [1.807, 2.05) is 48.5 Å². The number of nitriles is 1. The Hall–Kier alpha value is -3.98. The first-order valence-electron chi connectivity index (χ1n) is 11.3. The van der Waals surface area contributed by atoms with Gasteiger partial charge in [-0.2, -0.15) is 5.26 Å². The van der Waals surface area contributed by atoms with Gasteiger partial charge in [0.2, 0.25) is 5.91 Å². The Labute approximate surface area is 198 Å². The number of carbonyl (C=O) groups excluding carboxylic acids is 2. The summed E-state index contributed by atoms with van der Waals surface area (Å²) >= 11 is 0. The van der Waals surface area contributed by atoms with Gasteiger partial charge < -0.3 is 9.64 Å². The van der Waals surface area contributed by atoms with E-state index >= 15 is 0 Å². The van der Waals surface area contributed by atoms with Crippen LogP contribution in [0.3, 0.4) is 0 Å². The van der Waals surface area contributed by atoms with Crippen molar-refractivity contribution < 1.29 is 18.7 Å². The van der Waals surface area contributed by atoms with E-state index < -0.39 is 6.04 Å². The number of Topliss-reactive ketones (excluding diaryl/α,β-unsaturated/α-hetero) is 1. The van der Waals surface area contributed by atoms with E-state index in [1.54, 1.807) is 29.2 Å². The molecule has 0 radical (unpaired) electrons. The van der Waals surface area contributed by atoms with E-state index in [2.05, 4.69) is 0 Å². The first-order chi connectivity index (χ1) is 16.5. The molecular formula is C28H25FN2O3. The average molecular weight is 457 g/mol. The predicted molar refractivity (Wildman–Crippen MR) is 126 cm³/mol. The molecule has 1 fully saturated rings. The number of nitrogens with zero attached hydrogens (tertiary/aromatic N) is 2. The van der Waals surface area contributed by atoms with Crippen LogP contribution in [-0.4, -0.2) is 29.2 Å². The molecule has 3 aromatic carbocycles. The monoisotopic (exact) mass is 456 g/mol. The van der Waals surface area contributed by atoms with Crippen molar-refractivity contribution in [3.05, 3.63) is 95.8 Å². The highest BCUT2D eigenvalue weighted by Gasteiger charge is 2.38. The first-order valence-corrected chi connectivity index (χ1v) is 11.3. The molecule has 5 nitrogen and oxygen atoms in total. The zero-order chi connectivity index (χ0) is 23.9. The number of ketones is 1. The molecule has 0 aliphatic carbocycles. The lowest BCUT2D eigenvalue weighted by atomic mass is 9.94. The summed E-state index contributed by atoms with van der Waals surface area (Å²) in [5.74, 6) is 0.616. The van der Waals surface area contributed by atoms with E-state index in [0.29, 0.717) is 24.5 Å². The van der Waals surface area contributed by atoms with Gasteiger partial charge in [-0.3, -0.25) is 9.59 Å². The van der Waals surface area contributed by atoms with Gasteiger partial charge in [0.15, 0.2) is 5.78 Å². The number of rotatable bonds is 8. The molecule has 34 heavy (non-hydrogen) atoms. The van der Waals surface area contributed by atoms with E-state index in [0.717, 1.165) is 12.0 Å². The van der Waals surface area contributed by atoms with Crippen LogP contribution < -0.4 is 4.74 Å². The minimum atomic E-state index is -0.523. The highest BCUT2D eigenvalue weighted by molar-refractivity contribution is 5.91. The summed E-state index contributed by atoms with van der Waals surface area (Å²) in [5, 5.41) is 8.99. The third kappa shape index (κ3) is 5.87. The maximum absolute atomic E-state index is 13.2. The van der Waals surface area contributed by atoms with Crippen LogP contribution in [0.15, 0.2) is 78.9 Å². The summed E-state index contributed by atoms with van der Waals surface area (Å²) in [5.41, 5.74) is 1.99. The van der Waals surface area contributed by atoms with Crippen LogP contribution in [-0.2, 0) is 22.4 Å². The van der Waals surface area contributed by atoms with E-state index in [1.165, 1.54) is 17.7 Å². The number of ether oxygens (including phenoxy) is 1. The normalized spacial score (nSPS) is 17.2. The van der Waals surface area contributed by atoms with Gasteiger partial charge in [-0.1, -0.05) is 42.5 Å². The Morgan fingerprint density at radius 1 is 0.941 bits per heavy atom. The highest BCUT2D eigenvalue weighted by Crippen LogP contribution is 2.29. The molecule has 4 rings (SSSR count). The Morgan fingerprint density at radius 2 is 1.59 bits per heavy atom. The number of hydrogen-bond donors (Lipinski definition) is 0. The van der Waals surface area contributed by atoms with Gasteiger partial charge in [0.25, 0.3) is 0 Å². The van der Waals surface area contributed by atoms with Gasteiger partial charge in [0.05, 0.1) is 12.1 Å². The Morgan fingerprint density at radius 3 is 2.24 bits per heavy atom. The van der Waals surface area contributed by atoms with Crippen LogP contribution in [0.4, 0.5) is 4.39 Å². The van der Waals surface area contributed by atoms with Crippen molar-refractivity contribution in [2.45, 2.75) is 31.7 Å². The fraction of sp³-hybridized carbons (Fsp3) is 0.250. The molecule has 1 heterocycles. The second-order valence-electron chi connectivity index (χ2n) is 8.53. The molecule has 1 aliphatic rings. The van der Waals surface area contributed by atoms with Gasteiger partial charge in [-0.05, 0) is 66.3 Å². The molecule has 172 valence electrons. The molecule has 0 saturated carbocycles. The van der Waals surface area contributed by atoms with Crippen molar-refractivity contribution in [3.8, 4) is 17.6 Å². The Kier molecular flexibility index (Phi) is 7.34. The van der Waals surface area contributed by atoms with Gasteiger partial charge in [0.1, 0.15) is 23.7 Å². The van der Waals surface area contributed by atoms with Crippen molar-refractivity contribution in [2.75, 3.05) is 6.54 Å². The first kappa shape index (κ1) is 23.2. The molecule has 1 aliphatic heterocycles. The third-order valence-corrected chi connectivity index (χ3v) is 6.03. The molecule has 0 unspecified atom stereocenters. The molecule has 3 aromatic rings. The largest absolute Gasteiger partial charge is 0.457 e. The maximum Gasteiger partial charge on any atom is 0.237 e. The SMILES string of the molecule is N#CCC(=O)N1C[C@H](Cc2ccccc2)C[C@H]1C(=O)Cc1ccc(Oc2ccc(F)cc2)cc1. The van der Waals surface area contributed by atoms with Gasteiger partial charge in [-0.25, -0.2) is 4.39 Å². The number of halogens is 1. The van der Waals surface area contributed by atoms with Crippen molar-refractivity contribution in [2.24, 2.45) is 5.92 Å². The minimum absolute atomic E-state index is 0.0333. The van der Waals surface area contributed by atoms with E-state index in [4.69, 9.17) is 10.00 Å². The second kappa shape index (κ2) is 10.8. The zero-order valence-corrected chi connectivity index (χ0v) is 18.7. The lowest BCUT2D eigenvalue weighted by Gasteiger charge is -2.22. The van der Waals surface area contributed by atoms with Gasteiger partial charge in [0, 0.05) is 13.0 Å². The molecular weight excluding hydrogens is 431 g/mol. The highest BCUT2D eigenvalue weighted by atomic mass is 19.1. The third-order valence-electron chi connectivity index (χ3n) is 6.03. The molecule has 0 bridgehead atoms. The number of carbonyl (C=O) groups is 2. The zero-order valence-electron chi connectivity index (χ0n) is 18.7. The van der Waals surface area contributed by atoms with E-state index in [-0.39, 0.29) is 36.3 Å². The lowest BCUT2D eigenvalue weighted by Crippen LogP contribution is -2.41. The fourth-order valence-electron chi connectivity index (χ4n) is 4.40. The van der Waals surface area contributed by atoms with E-state index in [9.17, 15) is 14.0 Å². The molecule has 0 aromatic heterocycles. The number of likely N-dealkylation sites (tertiary alicyclic amines) is 1. The molecule has 6 heteroatoms. The number of hydrogen-bond acceptors (Lipinski definition) is 4. The van der Waals surface area contributed by atoms with Gasteiger partial charge in [-0.15, -0.1) is 0 Å². The molecule has 1 amide bonds. The summed E-state index contributed by atoms with van der Waals surface area (Å²) in [4.78, 5) is 27.3. The predicted octanol–water partition coefficient (Wildman–Crippen LogP) is 5.10. The Bertz CT molecular complexity index is 1170. The maximum atomic E-state index is 13.2. The van der Waals surface area contributed by atoms with Gasteiger partial charge >= 0.3 is 0 Å². The minimum Gasteiger partial charge on any atom is -0.457 e. The van der Waals surface area contributed by atoms with Crippen molar-refractivity contribution >= 4 is 11.7 Å².